The van der Waals surface area contributed by atoms with Gasteiger partial charge in [-0.25, -0.2) is 9.18 Å². The summed E-state index contributed by atoms with van der Waals surface area (Å²) >= 11 is 6.05. The third-order valence-electron chi connectivity index (χ3n) is 6.52. The zero-order valence-corrected chi connectivity index (χ0v) is 20.6. The maximum absolute atomic E-state index is 14.6. The summed E-state index contributed by atoms with van der Waals surface area (Å²) in [7, 11) is 0. The average Bonchev–Trinajstić information content (AvgIpc) is 3.36. The number of hydrogen-bond acceptors (Lipinski definition) is 2. The van der Waals surface area contributed by atoms with Crippen molar-refractivity contribution in [1.82, 2.24) is 15.6 Å². The summed E-state index contributed by atoms with van der Waals surface area (Å²) in [5.41, 5.74) is -1.33. The molecular formula is C28H26ClF4N3O. The zero-order valence-electron chi connectivity index (χ0n) is 19.9. The molecule has 4 nitrogen and oxygen atoms in total. The summed E-state index contributed by atoms with van der Waals surface area (Å²) in [6, 6.07) is 14.3. The molecule has 2 N–H and O–H groups in total. The first-order valence-electron chi connectivity index (χ1n) is 11.9. The Hall–Kier alpha value is -3.39. The maximum Gasteiger partial charge on any atom is 0.416 e. The van der Waals surface area contributed by atoms with Crippen LogP contribution in [-0.2, 0) is 18.0 Å². The lowest BCUT2D eigenvalue weighted by molar-refractivity contribution is -0.137. The number of nitrogens with zero attached hydrogens (tertiary/aromatic N) is 1. The molecule has 4 rings (SSSR count). The van der Waals surface area contributed by atoms with Gasteiger partial charge in [-0.1, -0.05) is 60.9 Å². The molecule has 37 heavy (non-hydrogen) atoms. The molecule has 2 aromatic carbocycles. The molecule has 3 aromatic rings. The van der Waals surface area contributed by atoms with E-state index in [9.17, 15) is 22.4 Å². The molecule has 9 heteroatoms. The van der Waals surface area contributed by atoms with E-state index in [2.05, 4.69) is 15.6 Å². The van der Waals surface area contributed by atoms with E-state index in [4.69, 9.17) is 11.6 Å². The highest BCUT2D eigenvalue weighted by Gasteiger charge is 2.38. The Morgan fingerprint density at radius 3 is 2.38 bits per heavy atom. The minimum Gasteiger partial charge on any atom is -0.335 e. The second-order valence-corrected chi connectivity index (χ2v) is 9.59. The van der Waals surface area contributed by atoms with E-state index in [0.717, 1.165) is 43.4 Å². The third-order valence-corrected chi connectivity index (χ3v) is 6.75. The standard InChI is InChI=1S/C28H26ClF4N3O/c29-22-10-11-25(35-18-22)27(17-19-6-2-1-3-7-19,12-13-34-26(37)36-24-8-4-5-9-24)20-14-21(28(31,32)33)16-23(30)15-20/h1-3,6-7,10-16,18,24H,4-5,8-9,17H2,(H2,34,36,37)/b13-12+/t27-/m1/s1. The number of rotatable bonds is 7. The molecule has 1 atom stereocenters. The van der Waals surface area contributed by atoms with Crippen molar-refractivity contribution in [3.05, 3.63) is 112 Å². The molecule has 0 saturated heterocycles. The van der Waals surface area contributed by atoms with Gasteiger partial charge in [0.05, 0.1) is 21.7 Å². The summed E-state index contributed by atoms with van der Waals surface area (Å²) in [6.45, 7) is 0. The van der Waals surface area contributed by atoms with Crippen LogP contribution in [0.2, 0.25) is 5.02 Å². The van der Waals surface area contributed by atoms with Gasteiger partial charge in [0.15, 0.2) is 0 Å². The molecule has 1 saturated carbocycles. The van der Waals surface area contributed by atoms with Crippen LogP contribution in [0.1, 0.15) is 48.1 Å². The SMILES string of the molecule is O=C(N/C=C/[C@@](Cc1ccccc1)(c1cc(F)cc(C(F)(F)F)c1)c1ccc(Cl)cn1)NC1CCCC1. The van der Waals surface area contributed by atoms with Crippen LogP contribution in [0.4, 0.5) is 22.4 Å². The highest BCUT2D eigenvalue weighted by molar-refractivity contribution is 6.30. The molecule has 0 aliphatic heterocycles. The Labute approximate surface area is 217 Å². The van der Waals surface area contributed by atoms with Crippen LogP contribution in [0.15, 0.2) is 79.1 Å². The predicted molar refractivity (Wildman–Crippen MR) is 135 cm³/mol. The van der Waals surface area contributed by atoms with Gasteiger partial charge >= 0.3 is 12.2 Å². The Bertz CT molecular complexity index is 1240. The molecule has 0 bridgehead atoms. The lowest BCUT2D eigenvalue weighted by atomic mass is 9.72. The number of nitrogens with one attached hydrogen (secondary N) is 2. The predicted octanol–water partition coefficient (Wildman–Crippen LogP) is 7.18. The largest absolute Gasteiger partial charge is 0.416 e. The zero-order chi connectivity index (χ0) is 26.5. The van der Waals surface area contributed by atoms with Crippen molar-refractivity contribution in [3.8, 4) is 0 Å². The number of benzene rings is 2. The first-order chi connectivity index (χ1) is 17.7. The van der Waals surface area contributed by atoms with Crippen molar-refractivity contribution in [2.45, 2.75) is 49.7 Å². The van der Waals surface area contributed by atoms with Gasteiger partial charge in [0, 0.05) is 18.4 Å². The molecule has 0 radical (unpaired) electrons. The lowest BCUT2D eigenvalue weighted by Crippen LogP contribution is -2.39. The van der Waals surface area contributed by atoms with Gasteiger partial charge in [-0.2, -0.15) is 13.2 Å². The summed E-state index contributed by atoms with van der Waals surface area (Å²) in [6.07, 6.45) is 3.59. The first-order valence-corrected chi connectivity index (χ1v) is 12.3. The number of alkyl halides is 3. The van der Waals surface area contributed by atoms with Crippen LogP contribution in [0.5, 0.6) is 0 Å². The van der Waals surface area contributed by atoms with Gasteiger partial charge in [-0.05, 0) is 60.7 Å². The number of carbonyl (C=O) groups is 1. The van der Waals surface area contributed by atoms with E-state index < -0.39 is 29.0 Å². The number of pyridine rings is 1. The van der Waals surface area contributed by atoms with Gasteiger partial charge in [-0.3, -0.25) is 4.98 Å². The van der Waals surface area contributed by atoms with Crippen LogP contribution in [0.25, 0.3) is 0 Å². The van der Waals surface area contributed by atoms with Crippen LogP contribution in [-0.4, -0.2) is 17.1 Å². The summed E-state index contributed by atoms with van der Waals surface area (Å²) in [5.74, 6) is -1.03. The number of hydrogen-bond donors (Lipinski definition) is 2. The molecule has 1 fully saturated rings. The Morgan fingerprint density at radius 1 is 1.03 bits per heavy atom. The normalized spacial score (nSPS) is 16.0. The monoisotopic (exact) mass is 531 g/mol. The molecule has 0 spiro atoms. The van der Waals surface area contributed by atoms with Crippen LogP contribution < -0.4 is 10.6 Å². The van der Waals surface area contributed by atoms with Crippen molar-refractivity contribution in [3.63, 3.8) is 0 Å². The highest BCUT2D eigenvalue weighted by atomic mass is 35.5. The average molecular weight is 532 g/mol. The van der Waals surface area contributed by atoms with E-state index in [1.807, 2.05) is 18.2 Å². The van der Waals surface area contributed by atoms with Crippen molar-refractivity contribution < 1.29 is 22.4 Å². The molecule has 1 heterocycles. The maximum atomic E-state index is 14.6. The van der Waals surface area contributed by atoms with E-state index in [0.29, 0.717) is 16.8 Å². The number of carbonyl (C=O) groups excluding carboxylic acids is 1. The summed E-state index contributed by atoms with van der Waals surface area (Å²) in [4.78, 5) is 16.9. The van der Waals surface area contributed by atoms with Gasteiger partial charge in [0.1, 0.15) is 5.82 Å². The van der Waals surface area contributed by atoms with Crippen molar-refractivity contribution in [1.29, 1.82) is 0 Å². The molecule has 2 amide bonds. The fourth-order valence-corrected chi connectivity index (χ4v) is 4.82. The fourth-order valence-electron chi connectivity index (χ4n) is 4.71. The lowest BCUT2D eigenvalue weighted by Gasteiger charge is -2.32. The summed E-state index contributed by atoms with van der Waals surface area (Å²) < 4.78 is 55.7. The van der Waals surface area contributed by atoms with Gasteiger partial charge < -0.3 is 10.6 Å². The Kier molecular flexibility index (Phi) is 8.17. The number of allylic oxidation sites excluding steroid dienone is 1. The van der Waals surface area contributed by atoms with Gasteiger partial charge in [0.25, 0.3) is 0 Å². The van der Waals surface area contributed by atoms with Crippen LogP contribution >= 0.6 is 11.6 Å². The van der Waals surface area contributed by atoms with E-state index >= 15 is 0 Å². The number of amides is 2. The van der Waals surface area contributed by atoms with Crippen molar-refractivity contribution in [2.75, 3.05) is 0 Å². The molecular weight excluding hydrogens is 506 g/mol. The van der Waals surface area contributed by atoms with Crippen LogP contribution in [0.3, 0.4) is 0 Å². The molecule has 1 aromatic heterocycles. The van der Waals surface area contributed by atoms with Crippen molar-refractivity contribution in [2.24, 2.45) is 0 Å². The van der Waals surface area contributed by atoms with E-state index in [-0.39, 0.29) is 18.0 Å². The summed E-state index contributed by atoms with van der Waals surface area (Å²) in [5, 5.41) is 5.90. The van der Waals surface area contributed by atoms with E-state index in [1.54, 1.807) is 30.3 Å². The molecule has 194 valence electrons. The number of aromatic nitrogens is 1. The van der Waals surface area contributed by atoms with Crippen molar-refractivity contribution >= 4 is 17.6 Å². The Balaban J connectivity index is 1.82. The van der Waals surface area contributed by atoms with E-state index in [1.165, 1.54) is 12.4 Å². The second kappa shape index (κ2) is 11.3. The minimum atomic E-state index is -4.76. The number of halogens is 5. The van der Waals surface area contributed by atoms with Gasteiger partial charge in [-0.15, -0.1) is 0 Å². The smallest absolute Gasteiger partial charge is 0.335 e. The molecule has 1 aliphatic rings. The second-order valence-electron chi connectivity index (χ2n) is 9.15. The van der Waals surface area contributed by atoms with Crippen LogP contribution in [0, 0.1) is 5.82 Å². The third kappa shape index (κ3) is 6.68. The quantitative estimate of drug-likeness (QED) is 0.317. The minimum absolute atomic E-state index is 0.0350. The highest BCUT2D eigenvalue weighted by Crippen LogP contribution is 2.40. The van der Waals surface area contributed by atoms with Gasteiger partial charge in [0.2, 0.25) is 0 Å². The Morgan fingerprint density at radius 2 is 1.73 bits per heavy atom. The fraction of sp³-hybridized carbons (Fsp3) is 0.286. The number of urea groups is 1. The molecule has 1 aliphatic carbocycles. The first kappa shape index (κ1) is 26.7. The topological polar surface area (TPSA) is 54.0 Å². The molecule has 0 unspecified atom stereocenters.